The van der Waals surface area contributed by atoms with Crippen LogP contribution in [0.1, 0.15) is 52.9 Å². The second-order valence-electron chi connectivity index (χ2n) is 6.27. The Morgan fingerprint density at radius 3 is 2.29 bits per heavy atom. The fourth-order valence-electron chi connectivity index (χ4n) is 3.12. The lowest BCUT2D eigenvalue weighted by molar-refractivity contribution is -0.101. The zero-order valence-electron chi connectivity index (χ0n) is 11.8. The van der Waals surface area contributed by atoms with Crippen LogP contribution in [0, 0.1) is 11.8 Å². The van der Waals surface area contributed by atoms with Crippen LogP contribution < -0.4 is 0 Å². The molecule has 2 nitrogen and oxygen atoms in total. The lowest BCUT2D eigenvalue weighted by atomic mass is 9.75. The third-order valence-corrected chi connectivity index (χ3v) is 4.53. The van der Waals surface area contributed by atoms with Crippen LogP contribution in [0.4, 0.5) is 0 Å². The molecule has 1 aliphatic heterocycles. The Bertz CT molecular complexity index is 215. The normalized spacial score (nSPS) is 31.8. The Morgan fingerprint density at radius 2 is 1.76 bits per heavy atom. The molecule has 2 aliphatic rings. The first-order valence-corrected chi connectivity index (χ1v) is 7.56. The number of ether oxygens (including phenoxy) is 1. The zero-order valence-corrected chi connectivity index (χ0v) is 11.8. The molecule has 0 atom stereocenters. The number of likely N-dealkylation sites (tertiary alicyclic amines) is 1. The van der Waals surface area contributed by atoms with E-state index in [0.29, 0.717) is 12.2 Å². The minimum atomic E-state index is 0.557. The van der Waals surface area contributed by atoms with Crippen molar-refractivity contribution in [2.75, 3.05) is 19.6 Å². The molecule has 1 heterocycles. The van der Waals surface area contributed by atoms with Crippen molar-refractivity contribution in [2.24, 2.45) is 11.8 Å². The van der Waals surface area contributed by atoms with E-state index in [-0.39, 0.29) is 0 Å². The Labute approximate surface area is 107 Å². The SMILES string of the molecule is CCCN1CCC(O[C@H]2C[C@@H](C(C)C)C2)CC1. The highest BCUT2D eigenvalue weighted by atomic mass is 16.5. The lowest BCUT2D eigenvalue weighted by Gasteiger charge is -2.41. The largest absolute Gasteiger partial charge is 0.375 e. The Balaban J connectivity index is 1.60. The van der Waals surface area contributed by atoms with Crippen molar-refractivity contribution >= 4 is 0 Å². The van der Waals surface area contributed by atoms with E-state index in [1.165, 1.54) is 51.7 Å². The van der Waals surface area contributed by atoms with Crippen molar-refractivity contribution in [1.29, 1.82) is 0 Å². The molecular formula is C15H29NO. The van der Waals surface area contributed by atoms with Crippen LogP contribution in [0.5, 0.6) is 0 Å². The maximum atomic E-state index is 6.21. The van der Waals surface area contributed by atoms with E-state index in [0.717, 1.165) is 11.8 Å². The van der Waals surface area contributed by atoms with Gasteiger partial charge in [-0.3, -0.25) is 0 Å². The summed E-state index contributed by atoms with van der Waals surface area (Å²) in [5.41, 5.74) is 0. The number of hydrogen-bond acceptors (Lipinski definition) is 2. The molecule has 0 unspecified atom stereocenters. The second kappa shape index (κ2) is 6.19. The Hall–Kier alpha value is -0.0800. The molecule has 0 aromatic heterocycles. The van der Waals surface area contributed by atoms with Crippen molar-refractivity contribution in [3.05, 3.63) is 0 Å². The van der Waals surface area contributed by atoms with Crippen LogP contribution in [-0.4, -0.2) is 36.7 Å². The molecule has 2 heteroatoms. The maximum absolute atomic E-state index is 6.21. The van der Waals surface area contributed by atoms with Crippen molar-refractivity contribution in [2.45, 2.75) is 65.1 Å². The Morgan fingerprint density at radius 1 is 1.12 bits per heavy atom. The molecule has 2 rings (SSSR count). The van der Waals surface area contributed by atoms with Gasteiger partial charge in [0.15, 0.2) is 0 Å². The fraction of sp³-hybridized carbons (Fsp3) is 1.00. The molecule has 1 aliphatic carbocycles. The zero-order chi connectivity index (χ0) is 12.3. The first-order valence-electron chi connectivity index (χ1n) is 7.56. The number of hydrogen-bond donors (Lipinski definition) is 0. The average molecular weight is 239 g/mol. The summed E-state index contributed by atoms with van der Waals surface area (Å²) < 4.78 is 6.21. The van der Waals surface area contributed by atoms with Gasteiger partial charge < -0.3 is 9.64 Å². The molecular weight excluding hydrogens is 210 g/mol. The van der Waals surface area contributed by atoms with Crippen molar-refractivity contribution in [3.8, 4) is 0 Å². The molecule has 0 aromatic rings. The maximum Gasteiger partial charge on any atom is 0.0603 e. The van der Waals surface area contributed by atoms with Gasteiger partial charge in [0.2, 0.25) is 0 Å². The standard InChI is InChI=1S/C15H29NO/c1-4-7-16-8-5-14(6-9-16)17-15-10-13(11-15)12(2)3/h12-15H,4-11H2,1-3H3/t13-,15+. The van der Waals surface area contributed by atoms with Gasteiger partial charge in [-0.25, -0.2) is 0 Å². The van der Waals surface area contributed by atoms with E-state index in [2.05, 4.69) is 25.7 Å². The van der Waals surface area contributed by atoms with Gasteiger partial charge >= 0.3 is 0 Å². The van der Waals surface area contributed by atoms with Gasteiger partial charge in [-0.1, -0.05) is 20.8 Å². The number of rotatable bonds is 5. The molecule has 100 valence electrons. The van der Waals surface area contributed by atoms with Crippen molar-refractivity contribution in [1.82, 2.24) is 4.90 Å². The molecule has 0 N–H and O–H groups in total. The topological polar surface area (TPSA) is 12.5 Å². The highest BCUT2D eigenvalue weighted by Crippen LogP contribution is 2.37. The summed E-state index contributed by atoms with van der Waals surface area (Å²) in [6, 6.07) is 0. The molecule has 0 amide bonds. The molecule has 0 spiro atoms. The van der Waals surface area contributed by atoms with Gasteiger partial charge in [0.25, 0.3) is 0 Å². The van der Waals surface area contributed by atoms with Crippen LogP contribution in [0.25, 0.3) is 0 Å². The number of nitrogens with zero attached hydrogens (tertiary/aromatic N) is 1. The van der Waals surface area contributed by atoms with Gasteiger partial charge in [0.1, 0.15) is 0 Å². The summed E-state index contributed by atoms with van der Waals surface area (Å²) in [7, 11) is 0. The summed E-state index contributed by atoms with van der Waals surface area (Å²) in [5, 5.41) is 0. The van der Waals surface area contributed by atoms with Gasteiger partial charge in [-0.05, 0) is 50.5 Å². The Kier molecular flexibility index (Phi) is 4.87. The molecule has 0 bridgehead atoms. The van der Waals surface area contributed by atoms with E-state index in [9.17, 15) is 0 Å². The van der Waals surface area contributed by atoms with Crippen molar-refractivity contribution in [3.63, 3.8) is 0 Å². The van der Waals surface area contributed by atoms with Crippen LogP contribution in [0.2, 0.25) is 0 Å². The van der Waals surface area contributed by atoms with E-state index in [1.54, 1.807) is 0 Å². The molecule has 1 saturated heterocycles. The van der Waals surface area contributed by atoms with E-state index >= 15 is 0 Å². The predicted octanol–water partition coefficient (Wildman–Crippen LogP) is 3.31. The van der Waals surface area contributed by atoms with Crippen LogP contribution in [-0.2, 0) is 4.74 Å². The molecule has 0 radical (unpaired) electrons. The van der Waals surface area contributed by atoms with Gasteiger partial charge in [0, 0.05) is 13.1 Å². The fourth-order valence-corrected chi connectivity index (χ4v) is 3.12. The van der Waals surface area contributed by atoms with Gasteiger partial charge in [-0.2, -0.15) is 0 Å². The van der Waals surface area contributed by atoms with E-state index in [4.69, 9.17) is 4.74 Å². The third kappa shape index (κ3) is 3.69. The smallest absolute Gasteiger partial charge is 0.0603 e. The van der Waals surface area contributed by atoms with E-state index < -0.39 is 0 Å². The second-order valence-corrected chi connectivity index (χ2v) is 6.27. The first-order chi connectivity index (χ1) is 8.19. The van der Waals surface area contributed by atoms with E-state index in [1.807, 2.05) is 0 Å². The summed E-state index contributed by atoms with van der Waals surface area (Å²) in [5.74, 6) is 1.78. The molecule has 1 saturated carbocycles. The van der Waals surface area contributed by atoms with Crippen molar-refractivity contribution < 1.29 is 4.74 Å². The highest BCUT2D eigenvalue weighted by Gasteiger charge is 2.34. The van der Waals surface area contributed by atoms with Crippen LogP contribution in [0.15, 0.2) is 0 Å². The lowest BCUT2D eigenvalue weighted by Crippen LogP contribution is -2.42. The summed E-state index contributed by atoms with van der Waals surface area (Å²) in [6.45, 7) is 10.7. The molecule has 0 aromatic carbocycles. The minimum Gasteiger partial charge on any atom is -0.375 e. The minimum absolute atomic E-state index is 0.557. The van der Waals surface area contributed by atoms with Gasteiger partial charge in [0.05, 0.1) is 12.2 Å². The average Bonchev–Trinajstić information content (AvgIpc) is 2.25. The first kappa shape index (κ1) is 13.4. The summed E-state index contributed by atoms with van der Waals surface area (Å²) >= 11 is 0. The summed E-state index contributed by atoms with van der Waals surface area (Å²) in [4.78, 5) is 2.58. The summed E-state index contributed by atoms with van der Waals surface area (Å²) in [6.07, 6.45) is 7.56. The molecule has 2 fully saturated rings. The molecule has 17 heavy (non-hydrogen) atoms. The quantitative estimate of drug-likeness (QED) is 0.730. The number of piperidine rings is 1. The van der Waals surface area contributed by atoms with Crippen LogP contribution in [0.3, 0.4) is 0 Å². The van der Waals surface area contributed by atoms with Gasteiger partial charge in [-0.15, -0.1) is 0 Å². The predicted molar refractivity (Wildman–Crippen MR) is 72.2 cm³/mol. The monoisotopic (exact) mass is 239 g/mol. The van der Waals surface area contributed by atoms with Crippen LogP contribution >= 0.6 is 0 Å². The third-order valence-electron chi connectivity index (χ3n) is 4.53. The highest BCUT2D eigenvalue weighted by molar-refractivity contribution is 4.84.